The second-order valence-electron chi connectivity index (χ2n) is 7.33. The van der Waals surface area contributed by atoms with Crippen molar-refractivity contribution in [3.8, 4) is 5.75 Å². The molecular weight excluding hydrogens is 372 g/mol. The molecular formula is C21H26N4O4. The molecule has 1 atom stereocenters. The second kappa shape index (κ2) is 9.00. The van der Waals surface area contributed by atoms with Gasteiger partial charge < -0.3 is 20.1 Å². The van der Waals surface area contributed by atoms with Gasteiger partial charge in [-0.3, -0.25) is 9.59 Å². The SMILES string of the molecule is COc1ccccc1C(=O)NCC1(O)CCN(C(=O)C(C)c2cncnc2)CC1. The zero-order valence-electron chi connectivity index (χ0n) is 16.7. The van der Waals surface area contributed by atoms with Crippen LogP contribution in [0.15, 0.2) is 43.0 Å². The van der Waals surface area contributed by atoms with Crippen LogP contribution in [0.25, 0.3) is 0 Å². The van der Waals surface area contributed by atoms with Crippen molar-refractivity contribution in [3.63, 3.8) is 0 Å². The van der Waals surface area contributed by atoms with Crippen LogP contribution in [0.4, 0.5) is 0 Å². The lowest BCUT2D eigenvalue weighted by molar-refractivity contribution is -0.136. The Morgan fingerprint density at radius 3 is 2.55 bits per heavy atom. The predicted octanol–water partition coefficient (Wildman–Crippen LogP) is 1.37. The Morgan fingerprint density at radius 2 is 1.90 bits per heavy atom. The third-order valence-corrected chi connectivity index (χ3v) is 5.39. The number of piperidine rings is 1. The minimum Gasteiger partial charge on any atom is -0.496 e. The summed E-state index contributed by atoms with van der Waals surface area (Å²) in [6.45, 7) is 2.80. The van der Waals surface area contributed by atoms with Crippen LogP contribution in [0.5, 0.6) is 5.75 Å². The topological polar surface area (TPSA) is 105 Å². The predicted molar refractivity (Wildman–Crippen MR) is 107 cm³/mol. The second-order valence-corrected chi connectivity index (χ2v) is 7.33. The number of benzene rings is 1. The minimum absolute atomic E-state index is 0.0140. The molecule has 1 aliphatic rings. The maximum Gasteiger partial charge on any atom is 0.255 e. The van der Waals surface area contributed by atoms with Crippen molar-refractivity contribution >= 4 is 11.8 Å². The van der Waals surface area contributed by atoms with Crippen LogP contribution in [-0.4, -0.2) is 64.1 Å². The number of methoxy groups -OCH3 is 1. The zero-order chi connectivity index (χ0) is 20.9. The molecule has 3 rings (SSSR count). The molecule has 0 aliphatic carbocycles. The molecule has 1 saturated heterocycles. The van der Waals surface area contributed by atoms with Gasteiger partial charge in [0.2, 0.25) is 5.91 Å². The number of para-hydroxylation sites is 1. The van der Waals surface area contributed by atoms with Crippen molar-refractivity contribution in [2.45, 2.75) is 31.3 Å². The summed E-state index contributed by atoms with van der Waals surface area (Å²) in [6, 6.07) is 6.94. The van der Waals surface area contributed by atoms with Crippen LogP contribution in [0.1, 0.15) is 41.6 Å². The number of aromatic nitrogens is 2. The standard InChI is InChI=1S/C21H26N4O4/c1-15(16-11-22-14-23-12-16)20(27)25-9-7-21(28,8-10-25)13-24-19(26)17-5-3-4-6-18(17)29-2/h3-6,11-12,14-15,28H,7-10,13H2,1-2H3,(H,24,26). The van der Waals surface area contributed by atoms with Gasteiger partial charge in [-0.2, -0.15) is 0 Å². The lowest BCUT2D eigenvalue weighted by Gasteiger charge is -2.39. The van der Waals surface area contributed by atoms with Crippen LogP contribution >= 0.6 is 0 Å². The number of nitrogens with one attached hydrogen (secondary N) is 1. The summed E-state index contributed by atoms with van der Waals surface area (Å²) in [4.78, 5) is 34.9. The molecule has 0 saturated carbocycles. The summed E-state index contributed by atoms with van der Waals surface area (Å²) in [6.07, 6.45) is 5.50. The van der Waals surface area contributed by atoms with Crippen molar-refractivity contribution in [1.29, 1.82) is 0 Å². The smallest absolute Gasteiger partial charge is 0.255 e. The number of amides is 2. The largest absolute Gasteiger partial charge is 0.496 e. The first kappa shape index (κ1) is 20.7. The number of likely N-dealkylation sites (tertiary alicyclic amines) is 1. The van der Waals surface area contributed by atoms with Crippen molar-refractivity contribution < 1.29 is 19.4 Å². The van der Waals surface area contributed by atoms with Crippen molar-refractivity contribution in [1.82, 2.24) is 20.2 Å². The maximum atomic E-state index is 12.7. The van der Waals surface area contributed by atoms with Gasteiger partial charge >= 0.3 is 0 Å². The van der Waals surface area contributed by atoms with Crippen LogP contribution in [0.3, 0.4) is 0 Å². The lowest BCUT2D eigenvalue weighted by Crippen LogP contribution is -2.52. The van der Waals surface area contributed by atoms with E-state index in [1.165, 1.54) is 13.4 Å². The molecule has 29 heavy (non-hydrogen) atoms. The van der Waals surface area contributed by atoms with Gasteiger partial charge in [-0.05, 0) is 31.9 Å². The van der Waals surface area contributed by atoms with Crippen LogP contribution in [0, 0.1) is 0 Å². The quantitative estimate of drug-likeness (QED) is 0.762. The van der Waals surface area contributed by atoms with Crippen molar-refractivity contribution in [2.75, 3.05) is 26.7 Å². The highest BCUT2D eigenvalue weighted by molar-refractivity contribution is 5.96. The van der Waals surface area contributed by atoms with Gasteiger partial charge in [0.1, 0.15) is 12.1 Å². The van der Waals surface area contributed by atoms with Crippen molar-refractivity contribution in [2.24, 2.45) is 0 Å². The van der Waals surface area contributed by atoms with E-state index < -0.39 is 5.60 Å². The molecule has 1 fully saturated rings. The lowest BCUT2D eigenvalue weighted by atomic mass is 9.90. The van der Waals surface area contributed by atoms with Gasteiger partial charge in [0, 0.05) is 37.6 Å². The molecule has 1 unspecified atom stereocenters. The fraction of sp³-hybridized carbons (Fsp3) is 0.429. The number of carbonyl (C=O) groups excluding carboxylic acids is 2. The minimum atomic E-state index is -1.05. The molecule has 154 valence electrons. The third kappa shape index (κ3) is 4.89. The zero-order valence-corrected chi connectivity index (χ0v) is 16.7. The summed E-state index contributed by atoms with van der Waals surface area (Å²) >= 11 is 0. The highest BCUT2D eigenvalue weighted by Crippen LogP contribution is 2.25. The summed E-state index contributed by atoms with van der Waals surface area (Å²) in [5, 5.41) is 13.6. The van der Waals surface area contributed by atoms with Gasteiger partial charge in [0.05, 0.1) is 24.2 Å². The molecule has 0 radical (unpaired) electrons. The van der Waals surface area contributed by atoms with Crippen LogP contribution < -0.4 is 10.1 Å². The Morgan fingerprint density at radius 1 is 1.24 bits per heavy atom. The summed E-state index contributed by atoms with van der Waals surface area (Å²) in [5.41, 5.74) is 0.139. The van der Waals surface area contributed by atoms with E-state index in [-0.39, 0.29) is 24.3 Å². The molecule has 2 amide bonds. The van der Waals surface area contributed by atoms with E-state index in [9.17, 15) is 14.7 Å². The molecule has 1 aliphatic heterocycles. The van der Waals surface area contributed by atoms with E-state index in [0.29, 0.717) is 37.2 Å². The summed E-state index contributed by atoms with van der Waals surface area (Å²) in [7, 11) is 1.51. The maximum absolute atomic E-state index is 12.7. The van der Waals surface area contributed by atoms with Gasteiger partial charge in [-0.25, -0.2) is 9.97 Å². The Kier molecular flexibility index (Phi) is 6.43. The average Bonchev–Trinajstić information content (AvgIpc) is 2.77. The third-order valence-electron chi connectivity index (χ3n) is 5.39. The Balaban J connectivity index is 1.54. The van der Waals surface area contributed by atoms with Gasteiger partial charge in [-0.15, -0.1) is 0 Å². The average molecular weight is 398 g/mol. The first-order valence-electron chi connectivity index (χ1n) is 9.61. The molecule has 1 aromatic heterocycles. The van der Waals surface area contributed by atoms with E-state index in [1.54, 1.807) is 41.6 Å². The van der Waals surface area contributed by atoms with E-state index in [4.69, 9.17) is 4.74 Å². The molecule has 0 bridgehead atoms. The Labute approximate surface area is 169 Å². The van der Waals surface area contributed by atoms with Crippen LogP contribution in [0.2, 0.25) is 0 Å². The highest BCUT2D eigenvalue weighted by atomic mass is 16.5. The summed E-state index contributed by atoms with van der Waals surface area (Å²) in [5.74, 6) is -0.170. The first-order valence-corrected chi connectivity index (χ1v) is 9.61. The fourth-order valence-electron chi connectivity index (χ4n) is 3.44. The molecule has 0 spiro atoms. The van der Waals surface area contributed by atoms with E-state index in [1.807, 2.05) is 6.92 Å². The van der Waals surface area contributed by atoms with Crippen molar-refractivity contribution in [3.05, 3.63) is 54.1 Å². The Bertz CT molecular complexity index is 851. The monoisotopic (exact) mass is 398 g/mol. The van der Waals surface area contributed by atoms with Gasteiger partial charge in [0.15, 0.2) is 0 Å². The molecule has 2 aromatic rings. The molecule has 1 aromatic carbocycles. The normalized spacial score (nSPS) is 16.7. The summed E-state index contributed by atoms with van der Waals surface area (Å²) < 4.78 is 5.21. The van der Waals surface area contributed by atoms with Crippen LogP contribution in [-0.2, 0) is 4.79 Å². The number of hydrogen-bond donors (Lipinski definition) is 2. The number of nitrogens with zero attached hydrogens (tertiary/aromatic N) is 3. The van der Waals surface area contributed by atoms with Gasteiger partial charge in [-0.1, -0.05) is 12.1 Å². The first-order chi connectivity index (χ1) is 13.9. The van der Waals surface area contributed by atoms with E-state index in [0.717, 1.165) is 5.56 Å². The number of rotatable bonds is 6. The molecule has 8 nitrogen and oxygen atoms in total. The molecule has 2 N–H and O–H groups in total. The Hall–Kier alpha value is -3.00. The molecule has 2 heterocycles. The number of aliphatic hydroxyl groups is 1. The fourth-order valence-corrected chi connectivity index (χ4v) is 3.44. The van der Waals surface area contributed by atoms with E-state index in [2.05, 4.69) is 15.3 Å². The molecule has 8 heteroatoms. The number of ether oxygens (including phenoxy) is 1. The van der Waals surface area contributed by atoms with Gasteiger partial charge in [0.25, 0.3) is 5.91 Å². The highest BCUT2D eigenvalue weighted by Gasteiger charge is 2.35. The van der Waals surface area contributed by atoms with E-state index >= 15 is 0 Å². The number of hydrogen-bond acceptors (Lipinski definition) is 6. The number of carbonyl (C=O) groups is 2.